The molecule has 0 amide bonds. The molecule has 0 aliphatic carbocycles. The number of aliphatic carboxylic acids is 2. The van der Waals surface area contributed by atoms with E-state index in [0.29, 0.717) is 12.8 Å². The van der Waals surface area contributed by atoms with E-state index in [4.69, 9.17) is 9.47 Å². The second-order valence-electron chi connectivity index (χ2n) is 17.3. The van der Waals surface area contributed by atoms with Gasteiger partial charge in [-0.2, -0.15) is 0 Å². The first-order chi connectivity index (χ1) is 27.7. The van der Waals surface area contributed by atoms with Crippen LogP contribution in [0, 0.1) is 0 Å². The molecule has 344 valence electrons. The van der Waals surface area contributed by atoms with Crippen molar-refractivity contribution >= 4 is 61.6 Å². The minimum atomic E-state index is -1.66. The van der Waals surface area contributed by atoms with Crippen molar-refractivity contribution in [1.29, 1.82) is 0 Å². The third-order valence-corrected chi connectivity index (χ3v) is 11.2. The van der Waals surface area contributed by atoms with Gasteiger partial charge in [-0.05, 0) is 53.4 Å². The van der Waals surface area contributed by atoms with Crippen LogP contribution in [0.5, 0.6) is 0 Å². The second-order valence-corrected chi connectivity index (χ2v) is 17.3. The van der Waals surface area contributed by atoms with Crippen LogP contribution < -0.4 is 10.2 Å². The van der Waals surface area contributed by atoms with Gasteiger partial charge in [-0.3, -0.25) is 0 Å². The van der Waals surface area contributed by atoms with Crippen molar-refractivity contribution in [1.82, 2.24) is 0 Å². The predicted molar refractivity (Wildman–Crippen MR) is 236 cm³/mol. The van der Waals surface area contributed by atoms with Gasteiger partial charge in [0.15, 0.2) is 0 Å². The molecule has 0 radical (unpaired) electrons. The molecule has 0 aliphatic rings. The van der Waals surface area contributed by atoms with E-state index in [0.717, 1.165) is 38.5 Å². The number of unbranched alkanes of at least 4 members (excludes halogenated alkanes) is 30. The van der Waals surface area contributed by atoms with Gasteiger partial charge in [-0.25, -0.2) is 9.59 Å². The second kappa shape index (κ2) is 42.4. The Labute approximate surface area is 391 Å². The number of carbonyl (C=O) groups excluding carboxylic acids is 4. The topological polar surface area (TPSA) is 173 Å². The van der Waals surface area contributed by atoms with E-state index in [9.17, 15) is 39.6 Å². The summed E-state index contributed by atoms with van der Waals surface area (Å²) in [6, 6.07) is 0. The van der Waals surface area contributed by atoms with Gasteiger partial charge in [-0.15, -0.1) is 0 Å². The summed E-state index contributed by atoms with van der Waals surface area (Å²) < 4.78 is 9.87. The molecule has 4 unspecified atom stereocenters. The Kier molecular flexibility index (Phi) is 44.8. The quantitative estimate of drug-likeness (QED) is 0.0343. The van der Waals surface area contributed by atoms with Gasteiger partial charge >= 0.3 is 49.7 Å². The summed E-state index contributed by atoms with van der Waals surface area (Å²) in [7, 11) is 0. The number of carboxylic acids is 2. The molecule has 0 aromatic carbocycles. The van der Waals surface area contributed by atoms with Gasteiger partial charge < -0.3 is 39.5 Å². The molecule has 0 aliphatic heterocycles. The molecule has 0 spiro atoms. The van der Waals surface area contributed by atoms with Gasteiger partial charge in [0.2, 0.25) is 0 Å². The van der Waals surface area contributed by atoms with Crippen LogP contribution in [-0.4, -0.2) is 95.2 Å². The summed E-state index contributed by atoms with van der Waals surface area (Å²) in [5.74, 6) is -4.67. The maximum atomic E-state index is 11.5. The Morgan fingerprint density at radius 1 is 0.407 bits per heavy atom. The Morgan fingerprint density at radius 3 is 0.729 bits per heavy atom. The molecule has 10 nitrogen and oxygen atoms in total. The fourth-order valence-electron chi connectivity index (χ4n) is 7.02. The average Bonchev–Trinajstić information content (AvgIpc) is 3.17. The first kappa shape index (κ1) is 62.4. The van der Waals surface area contributed by atoms with E-state index >= 15 is 0 Å². The molecule has 4 atom stereocenters. The molecular weight excluding hydrogens is 777 g/mol. The summed E-state index contributed by atoms with van der Waals surface area (Å²) in [5, 5.41) is 41.0. The number of hydrogen-bond donors (Lipinski definition) is 2. The molecule has 0 bridgehead atoms. The van der Waals surface area contributed by atoms with Crippen LogP contribution in [0.1, 0.15) is 260 Å². The van der Waals surface area contributed by atoms with Gasteiger partial charge in [0.25, 0.3) is 0 Å². The molecule has 0 rings (SSSR count). The normalized spacial score (nSPS) is 14.1. The first-order valence-electron chi connectivity index (χ1n) is 23.9. The predicted octanol–water partition coefficient (Wildman–Crippen LogP) is 9.76. The van der Waals surface area contributed by atoms with E-state index < -0.39 is 47.3 Å². The van der Waals surface area contributed by atoms with E-state index in [1.165, 1.54) is 182 Å². The van der Waals surface area contributed by atoms with E-state index in [1.54, 1.807) is 0 Å². The molecular formula is C48H90CaO10. The van der Waals surface area contributed by atoms with Gasteiger partial charge in [-0.1, -0.05) is 206 Å². The third kappa shape index (κ3) is 38.5. The van der Waals surface area contributed by atoms with Crippen LogP contribution in [0.2, 0.25) is 0 Å². The Balaban J connectivity index is -0.00000105. The first-order valence-corrected chi connectivity index (χ1v) is 23.9. The Bertz CT molecular complexity index is 928. The number of esters is 2. The number of ether oxygens (including phenoxy) is 2. The van der Waals surface area contributed by atoms with Crippen molar-refractivity contribution in [2.24, 2.45) is 0 Å². The Hall–Kier alpha value is -0.940. The van der Waals surface area contributed by atoms with Gasteiger partial charge in [0.1, 0.15) is 23.4 Å². The summed E-state index contributed by atoms with van der Waals surface area (Å²) >= 11 is 0. The smallest absolute Gasteiger partial charge is 0.546 e. The SMILES string of the molecule is CCCCCCCCCCCCCCCCCCC(C)(OC(=O)C(C)O)C(=O)[O-].CCCCCCCCCCCCCCCCCCC(C)(OC(=O)C(C)O)C(=O)[O-].[Ca+2]. The zero-order chi connectivity index (χ0) is 43.9. The van der Waals surface area contributed by atoms with Crippen molar-refractivity contribution < 1.29 is 49.1 Å². The van der Waals surface area contributed by atoms with Crippen molar-refractivity contribution in [3.05, 3.63) is 0 Å². The molecule has 11 heteroatoms. The van der Waals surface area contributed by atoms with E-state index in [-0.39, 0.29) is 50.6 Å². The zero-order valence-electron chi connectivity index (χ0n) is 39.1. The van der Waals surface area contributed by atoms with Crippen molar-refractivity contribution in [2.75, 3.05) is 0 Å². The molecule has 2 N–H and O–H groups in total. The number of hydrogen-bond acceptors (Lipinski definition) is 10. The number of aliphatic hydroxyl groups is 2. The molecule has 59 heavy (non-hydrogen) atoms. The van der Waals surface area contributed by atoms with E-state index in [2.05, 4.69) is 13.8 Å². The number of carboxylic acid groups (broad SMARTS) is 2. The minimum absolute atomic E-state index is 0. The maximum absolute atomic E-state index is 11.5. The average molecular weight is 867 g/mol. The monoisotopic (exact) mass is 867 g/mol. The van der Waals surface area contributed by atoms with Crippen LogP contribution >= 0.6 is 0 Å². The van der Waals surface area contributed by atoms with Crippen molar-refractivity contribution in [2.45, 2.75) is 283 Å². The summed E-state index contributed by atoms with van der Waals surface area (Å²) in [5.41, 5.74) is -3.33. The largest absolute Gasteiger partial charge is 2.00 e. The van der Waals surface area contributed by atoms with Gasteiger partial charge in [0.05, 0.1) is 11.9 Å². The fraction of sp³-hybridized carbons (Fsp3) is 0.917. The number of aliphatic hydroxyl groups excluding tert-OH is 2. The van der Waals surface area contributed by atoms with Crippen molar-refractivity contribution in [3.8, 4) is 0 Å². The molecule has 0 fully saturated rings. The third-order valence-electron chi connectivity index (χ3n) is 11.2. The fourth-order valence-corrected chi connectivity index (χ4v) is 7.02. The zero-order valence-corrected chi connectivity index (χ0v) is 41.3. The molecule has 0 heterocycles. The van der Waals surface area contributed by atoms with Crippen LogP contribution in [0.15, 0.2) is 0 Å². The van der Waals surface area contributed by atoms with Crippen LogP contribution in [0.4, 0.5) is 0 Å². The maximum Gasteiger partial charge on any atom is 2.00 e. The standard InChI is InChI=1S/2C24H46O5.Ca/c2*1-4-5-6-7-8-9-10-11-12-13-14-15-16-17-18-19-20-24(3,23(27)28)29-22(26)21(2)25;/h2*21,25H,4-20H2,1-3H3,(H,27,28);/q;;+2/p-2. The molecule has 0 saturated carbocycles. The molecule has 0 aromatic rings. The molecule has 0 saturated heterocycles. The van der Waals surface area contributed by atoms with Crippen molar-refractivity contribution in [3.63, 3.8) is 0 Å². The summed E-state index contributed by atoms with van der Waals surface area (Å²) in [6.07, 6.45) is 37.7. The Morgan fingerprint density at radius 2 is 0.576 bits per heavy atom. The summed E-state index contributed by atoms with van der Waals surface area (Å²) in [4.78, 5) is 45.5. The number of rotatable bonds is 40. The van der Waals surface area contributed by atoms with Crippen LogP contribution in [0.25, 0.3) is 0 Å². The number of carbonyl (C=O) groups is 4. The van der Waals surface area contributed by atoms with Crippen LogP contribution in [0.3, 0.4) is 0 Å². The van der Waals surface area contributed by atoms with Gasteiger partial charge in [0, 0.05) is 0 Å². The minimum Gasteiger partial charge on any atom is -0.546 e. The summed E-state index contributed by atoms with van der Waals surface area (Å²) in [6.45, 7) is 9.71. The van der Waals surface area contributed by atoms with Crippen LogP contribution in [-0.2, 0) is 28.7 Å². The van der Waals surface area contributed by atoms with E-state index in [1.807, 2.05) is 0 Å². The molecule has 0 aromatic heterocycles.